The molecule has 0 spiro atoms. The van der Waals surface area contributed by atoms with Crippen LogP contribution in [0.2, 0.25) is 0 Å². The molecule has 2 saturated heterocycles. The average Bonchev–Trinajstić information content (AvgIpc) is 1.45. The molecule has 0 bridgehead atoms. The van der Waals surface area contributed by atoms with Crippen molar-refractivity contribution in [1.82, 2.24) is 0 Å². The molecule has 0 N–H and O–H groups in total. The Hall–Kier alpha value is -8.75. The number of benzene rings is 10. The van der Waals surface area contributed by atoms with E-state index in [0.717, 1.165) is 76.0 Å². The minimum atomic E-state index is -0.407. The summed E-state index contributed by atoms with van der Waals surface area (Å²) in [6, 6.07) is 76.1. The van der Waals surface area contributed by atoms with Gasteiger partial charge < -0.3 is 28.4 Å². The second-order valence-electron chi connectivity index (χ2n) is 33.4. The molecule has 8 heteroatoms. The quantitative estimate of drug-likeness (QED) is 0.0444. The summed E-state index contributed by atoms with van der Waals surface area (Å²) in [7, 11) is -0.811. The highest BCUT2D eigenvalue weighted by atomic mass is 16.7. The van der Waals surface area contributed by atoms with Gasteiger partial charge in [-0.15, -0.1) is 0 Å². The number of anilines is 5. The third-order valence-corrected chi connectivity index (χ3v) is 24.1. The highest BCUT2D eigenvalue weighted by Gasteiger charge is 2.53. The molecular formula is C99H114B2N2O4. The lowest BCUT2D eigenvalue weighted by Gasteiger charge is -2.38. The standard InChI is InChI=1S/C99H114B2N2O4/c1-20-22-24-26-28-80-64-92(90-61-69(7)93(62-68(90)6)103(87-52-40-79(41-53-87)95-72(10)58-66(4)59-73(95)11)86-48-36-77(37-49-86)75-32-44-83(45-33-75)101-106-98(16,17)99(18,19)107-101)81(29-27-25-23-21-2)63-91(80)89-55-54-88(60-67(89)5)102(85-50-38-78(39-51-85)94-70(8)56-65(3)57-71(94)9)84-46-34-76(35-47-84)74-30-42-82(43-31-74)100-104-96(12,13)97(14,15)105-100/h30-64,69,93H,20-29H2,1-19H3. The van der Waals surface area contributed by atoms with Gasteiger partial charge in [0.2, 0.25) is 0 Å². The molecular weight excluding hydrogens is 1300 g/mol. The first-order chi connectivity index (χ1) is 51.1. The van der Waals surface area contributed by atoms with Crippen molar-refractivity contribution in [2.75, 3.05) is 9.80 Å². The van der Waals surface area contributed by atoms with Crippen molar-refractivity contribution in [3.63, 3.8) is 0 Å². The Bertz CT molecular complexity index is 4810. The van der Waals surface area contributed by atoms with Gasteiger partial charge in [0, 0.05) is 28.4 Å². The van der Waals surface area contributed by atoms with Crippen LogP contribution in [0.5, 0.6) is 0 Å². The van der Waals surface area contributed by atoms with Gasteiger partial charge in [-0.2, -0.15) is 0 Å². The summed E-state index contributed by atoms with van der Waals surface area (Å²) < 4.78 is 25.8. The smallest absolute Gasteiger partial charge is 0.399 e. The van der Waals surface area contributed by atoms with E-state index >= 15 is 0 Å². The van der Waals surface area contributed by atoms with Crippen LogP contribution >= 0.6 is 0 Å². The number of hydrogen-bond donors (Lipinski definition) is 0. The molecule has 0 saturated carbocycles. The van der Waals surface area contributed by atoms with Crippen LogP contribution < -0.4 is 20.7 Å². The molecule has 107 heavy (non-hydrogen) atoms. The predicted molar refractivity (Wildman–Crippen MR) is 458 cm³/mol. The highest BCUT2D eigenvalue weighted by molar-refractivity contribution is 6.62. The summed E-state index contributed by atoms with van der Waals surface area (Å²) in [5.74, 6) is 0.165. The summed E-state index contributed by atoms with van der Waals surface area (Å²) in [5.41, 5.74) is 34.5. The molecule has 0 amide bonds. The van der Waals surface area contributed by atoms with Gasteiger partial charge in [-0.25, -0.2) is 0 Å². The summed E-state index contributed by atoms with van der Waals surface area (Å²) in [5, 5.41) is 0. The Morgan fingerprint density at radius 3 is 1.07 bits per heavy atom. The SMILES string of the molecule is CCCCCCc1cc(-c2ccc(N(c3ccc(-c4ccc(B5OC(C)(C)C(C)(C)O5)cc4)cc3)c3ccc(-c4c(C)cc(C)cc4C)cc3)cc2C)c(CCCCCC)cc1C1=CC(C)C(N(c2ccc(-c3ccc(B4OC(C)(C)C(C)(C)O4)cc3)cc2)c2ccc(-c3c(C)cc(C)cc3C)cc2)C=C1C. The lowest BCUT2D eigenvalue weighted by atomic mass is 9.78. The van der Waals surface area contributed by atoms with Crippen LogP contribution in [0.15, 0.2) is 218 Å². The Balaban J connectivity index is 0.855. The Labute approximate surface area is 643 Å². The minimum Gasteiger partial charge on any atom is -0.399 e. The van der Waals surface area contributed by atoms with Crippen molar-refractivity contribution in [2.45, 2.75) is 224 Å². The fourth-order valence-electron chi connectivity index (χ4n) is 16.8. The summed E-state index contributed by atoms with van der Waals surface area (Å²) in [6.45, 7) is 42.0. The first kappa shape index (κ1) is 76.4. The number of nitrogens with zero attached hydrogens (tertiary/aromatic N) is 2. The fourth-order valence-corrected chi connectivity index (χ4v) is 16.8. The Kier molecular flexibility index (Phi) is 22.5. The van der Waals surface area contributed by atoms with Gasteiger partial charge in [-0.05, 0) is 325 Å². The Morgan fingerprint density at radius 1 is 0.336 bits per heavy atom. The van der Waals surface area contributed by atoms with Gasteiger partial charge in [-0.3, -0.25) is 0 Å². The molecule has 550 valence electrons. The zero-order valence-electron chi connectivity index (χ0n) is 67.6. The first-order valence-corrected chi connectivity index (χ1v) is 39.9. The van der Waals surface area contributed by atoms with Crippen molar-refractivity contribution in [1.29, 1.82) is 0 Å². The molecule has 2 fully saturated rings. The summed E-state index contributed by atoms with van der Waals surface area (Å²) in [6.07, 6.45) is 16.8. The second-order valence-corrected chi connectivity index (χ2v) is 33.4. The van der Waals surface area contributed by atoms with Crippen LogP contribution in [0.1, 0.15) is 190 Å². The van der Waals surface area contributed by atoms with E-state index in [4.69, 9.17) is 18.6 Å². The van der Waals surface area contributed by atoms with E-state index in [1.54, 1.807) is 0 Å². The van der Waals surface area contributed by atoms with Gasteiger partial charge in [0.25, 0.3) is 0 Å². The van der Waals surface area contributed by atoms with E-state index in [1.807, 2.05) is 0 Å². The molecule has 10 aromatic carbocycles. The minimum absolute atomic E-state index is 0.0445. The lowest BCUT2D eigenvalue weighted by Crippen LogP contribution is -2.41. The van der Waals surface area contributed by atoms with Gasteiger partial charge in [-0.1, -0.05) is 222 Å². The molecule has 0 radical (unpaired) electrons. The zero-order valence-corrected chi connectivity index (χ0v) is 67.6. The molecule has 1 aliphatic carbocycles. The second kappa shape index (κ2) is 31.5. The number of hydrogen-bond acceptors (Lipinski definition) is 6. The van der Waals surface area contributed by atoms with Crippen molar-refractivity contribution < 1.29 is 18.6 Å². The first-order valence-electron chi connectivity index (χ1n) is 39.9. The van der Waals surface area contributed by atoms with Crippen LogP contribution in [-0.2, 0) is 31.5 Å². The molecule has 13 rings (SSSR count). The van der Waals surface area contributed by atoms with Crippen molar-refractivity contribution >= 4 is 59.2 Å². The molecule has 6 nitrogen and oxygen atoms in total. The topological polar surface area (TPSA) is 43.4 Å². The molecule has 2 aliphatic heterocycles. The average molecular weight is 1420 g/mol. The van der Waals surface area contributed by atoms with Gasteiger partial charge >= 0.3 is 14.2 Å². The van der Waals surface area contributed by atoms with E-state index in [9.17, 15) is 0 Å². The largest absolute Gasteiger partial charge is 0.494 e. The van der Waals surface area contributed by atoms with Crippen LogP contribution in [0.4, 0.5) is 28.4 Å². The fraction of sp³-hybridized carbons (Fsp3) is 0.354. The number of aryl methyl sites for hydroxylation is 9. The molecule has 2 heterocycles. The predicted octanol–water partition coefficient (Wildman–Crippen LogP) is 25.7. The monoisotopic (exact) mass is 1420 g/mol. The number of rotatable bonds is 24. The molecule has 2 atom stereocenters. The van der Waals surface area contributed by atoms with Crippen LogP contribution in [0.25, 0.3) is 61.2 Å². The van der Waals surface area contributed by atoms with Crippen molar-refractivity contribution in [3.05, 3.63) is 274 Å². The van der Waals surface area contributed by atoms with E-state index in [1.165, 1.54) is 150 Å². The van der Waals surface area contributed by atoms with Gasteiger partial charge in [0.05, 0.1) is 28.4 Å². The highest BCUT2D eigenvalue weighted by Crippen LogP contribution is 2.46. The van der Waals surface area contributed by atoms with Gasteiger partial charge in [0.1, 0.15) is 0 Å². The van der Waals surface area contributed by atoms with Crippen LogP contribution in [0.3, 0.4) is 0 Å². The van der Waals surface area contributed by atoms with Crippen LogP contribution in [-0.4, -0.2) is 42.7 Å². The summed E-state index contributed by atoms with van der Waals surface area (Å²) in [4.78, 5) is 5.03. The van der Waals surface area contributed by atoms with Crippen LogP contribution in [0, 0.1) is 54.4 Å². The van der Waals surface area contributed by atoms with Crippen molar-refractivity contribution in [3.8, 4) is 55.6 Å². The zero-order chi connectivity index (χ0) is 75.9. The normalized spacial score (nSPS) is 17.1. The molecule has 3 aliphatic rings. The Morgan fingerprint density at radius 2 is 0.682 bits per heavy atom. The summed E-state index contributed by atoms with van der Waals surface area (Å²) >= 11 is 0. The van der Waals surface area contributed by atoms with Crippen molar-refractivity contribution in [2.24, 2.45) is 5.92 Å². The molecule has 0 aromatic heterocycles. The maximum Gasteiger partial charge on any atom is 0.494 e. The maximum absolute atomic E-state index is 6.45. The van der Waals surface area contributed by atoms with Gasteiger partial charge in [0.15, 0.2) is 0 Å². The van der Waals surface area contributed by atoms with E-state index < -0.39 is 36.6 Å². The van der Waals surface area contributed by atoms with E-state index in [-0.39, 0.29) is 12.0 Å². The maximum atomic E-state index is 6.45. The molecule has 2 unspecified atom stereocenters. The number of unbranched alkanes of at least 4 members (excludes halogenated alkanes) is 6. The molecule has 10 aromatic rings. The third-order valence-electron chi connectivity index (χ3n) is 24.1. The number of allylic oxidation sites excluding steroid dienone is 2. The van der Waals surface area contributed by atoms with E-state index in [2.05, 4.69) is 354 Å². The lowest BCUT2D eigenvalue weighted by molar-refractivity contribution is 0.00578. The van der Waals surface area contributed by atoms with E-state index in [0.29, 0.717) is 0 Å². The third kappa shape index (κ3) is 16.1.